The molecule has 0 spiro atoms. The largest absolute Gasteiger partial charge is 0.497 e. The van der Waals surface area contributed by atoms with E-state index in [2.05, 4.69) is 15.2 Å². The van der Waals surface area contributed by atoms with Crippen LogP contribution in [0.1, 0.15) is 19.7 Å². The lowest BCUT2D eigenvalue weighted by atomic mass is 10.3. The molecule has 0 atom stereocenters. The van der Waals surface area contributed by atoms with Crippen LogP contribution in [0.3, 0.4) is 0 Å². The maximum absolute atomic E-state index is 13.4. The van der Waals surface area contributed by atoms with Gasteiger partial charge in [-0.15, -0.1) is 10.2 Å². The van der Waals surface area contributed by atoms with E-state index in [9.17, 15) is 8.42 Å². The van der Waals surface area contributed by atoms with Crippen molar-refractivity contribution in [2.75, 3.05) is 18.0 Å². The third-order valence-electron chi connectivity index (χ3n) is 4.77. The molecule has 0 saturated carbocycles. The summed E-state index contributed by atoms with van der Waals surface area (Å²) < 4.78 is 35.1. The van der Waals surface area contributed by atoms with Crippen LogP contribution in [-0.4, -0.2) is 41.7 Å². The molecule has 0 aliphatic carbocycles. The molecule has 2 heterocycles. The molecule has 0 radical (unpaired) electrons. The molecular weight excluding hydrogens is 390 g/mol. The molecule has 4 rings (SSSR count). The summed E-state index contributed by atoms with van der Waals surface area (Å²) in [5, 5.41) is 8.52. The van der Waals surface area contributed by atoms with Crippen LogP contribution in [0.15, 0.2) is 53.4 Å². The number of sulfonamides is 1. The van der Waals surface area contributed by atoms with E-state index in [0.29, 0.717) is 23.3 Å². The second kappa shape index (κ2) is 7.32. The number of rotatable bonds is 6. The van der Waals surface area contributed by atoms with Crippen LogP contribution in [-0.2, 0) is 16.4 Å². The SMILES string of the molecule is CCc1nnc2c(N(CC)S(=O)(=O)c3ccc(OC)cc3)nc3ccccc3n12. The second-order valence-electron chi connectivity index (χ2n) is 6.40. The van der Waals surface area contributed by atoms with Crippen molar-refractivity contribution in [2.45, 2.75) is 25.2 Å². The van der Waals surface area contributed by atoms with Gasteiger partial charge >= 0.3 is 0 Å². The quantitative estimate of drug-likeness (QED) is 0.484. The molecule has 9 heteroatoms. The molecular formula is C20H21N5O3S. The minimum Gasteiger partial charge on any atom is -0.497 e. The third kappa shape index (κ3) is 3.07. The Morgan fingerprint density at radius 2 is 1.76 bits per heavy atom. The zero-order valence-corrected chi connectivity index (χ0v) is 17.2. The molecule has 0 fully saturated rings. The summed E-state index contributed by atoms with van der Waals surface area (Å²) in [6, 6.07) is 13.9. The van der Waals surface area contributed by atoms with Gasteiger partial charge in [0.05, 0.1) is 23.0 Å². The Kier molecular flexibility index (Phi) is 4.83. The number of hydrogen-bond acceptors (Lipinski definition) is 6. The van der Waals surface area contributed by atoms with E-state index in [0.717, 1.165) is 11.3 Å². The first-order valence-electron chi connectivity index (χ1n) is 9.30. The maximum atomic E-state index is 13.4. The van der Waals surface area contributed by atoms with Gasteiger partial charge in [-0.1, -0.05) is 19.1 Å². The third-order valence-corrected chi connectivity index (χ3v) is 6.65. The zero-order valence-electron chi connectivity index (χ0n) is 16.4. The molecule has 0 amide bonds. The molecule has 0 aliphatic heterocycles. The second-order valence-corrected chi connectivity index (χ2v) is 8.26. The fourth-order valence-electron chi connectivity index (χ4n) is 3.33. The van der Waals surface area contributed by atoms with Crippen LogP contribution >= 0.6 is 0 Å². The van der Waals surface area contributed by atoms with Gasteiger partial charge in [0.15, 0.2) is 5.82 Å². The van der Waals surface area contributed by atoms with Gasteiger partial charge in [0.2, 0.25) is 5.65 Å². The summed E-state index contributed by atoms with van der Waals surface area (Å²) in [6.45, 7) is 3.95. The smallest absolute Gasteiger partial charge is 0.265 e. The van der Waals surface area contributed by atoms with Crippen LogP contribution in [0.2, 0.25) is 0 Å². The number of nitrogens with zero attached hydrogens (tertiary/aromatic N) is 5. The number of fused-ring (bicyclic) bond motifs is 3. The summed E-state index contributed by atoms with van der Waals surface area (Å²) in [4.78, 5) is 4.80. The van der Waals surface area contributed by atoms with Gasteiger partial charge in [-0.25, -0.2) is 17.7 Å². The lowest BCUT2D eigenvalue weighted by Crippen LogP contribution is -2.32. The number of benzene rings is 2. The Labute approximate surface area is 168 Å². The highest BCUT2D eigenvalue weighted by Gasteiger charge is 2.28. The number of methoxy groups -OCH3 is 1. The number of anilines is 1. The molecule has 150 valence electrons. The molecule has 2 aromatic heterocycles. The number of hydrogen-bond donors (Lipinski definition) is 0. The molecule has 0 saturated heterocycles. The van der Waals surface area contributed by atoms with E-state index >= 15 is 0 Å². The molecule has 0 unspecified atom stereocenters. The Morgan fingerprint density at radius 3 is 2.41 bits per heavy atom. The van der Waals surface area contributed by atoms with E-state index < -0.39 is 10.0 Å². The minimum atomic E-state index is -3.85. The van der Waals surface area contributed by atoms with Gasteiger partial charge in [-0.05, 0) is 43.3 Å². The summed E-state index contributed by atoms with van der Waals surface area (Å²) in [6.07, 6.45) is 0.659. The van der Waals surface area contributed by atoms with Gasteiger partial charge in [0.1, 0.15) is 11.6 Å². The van der Waals surface area contributed by atoms with Crippen LogP contribution in [0.5, 0.6) is 5.75 Å². The summed E-state index contributed by atoms with van der Waals surface area (Å²) in [5.41, 5.74) is 1.93. The van der Waals surface area contributed by atoms with Gasteiger partial charge in [0.25, 0.3) is 10.0 Å². The predicted octanol–water partition coefficient (Wildman–Crippen LogP) is 3.06. The van der Waals surface area contributed by atoms with Crippen molar-refractivity contribution in [3.05, 3.63) is 54.4 Å². The molecule has 8 nitrogen and oxygen atoms in total. The average molecular weight is 411 g/mol. The van der Waals surface area contributed by atoms with Crippen molar-refractivity contribution >= 4 is 32.5 Å². The van der Waals surface area contributed by atoms with Crippen molar-refractivity contribution in [1.29, 1.82) is 0 Å². The first kappa shape index (κ1) is 19.1. The Morgan fingerprint density at radius 1 is 1.03 bits per heavy atom. The van der Waals surface area contributed by atoms with Crippen LogP contribution < -0.4 is 9.04 Å². The van der Waals surface area contributed by atoms with Gasteiger partial charge < -0.3 is 4.74 Å². The molecule has 2 aromatic carbocycles. The highest BCUT2D eigenvalue weighted by Crippen LogP contribution is 2.29. The molecule has 4 aromatic rings. The Hall–Kier alpha value is -3.20. The lowest BCUT2D eigenvalue weighted by molar-refractivity contribution is 0.414. The highest BCUT2D eigenvalue weighted by atomic mass is 32.2. The molecule has 0 aliphatic rings. The summed E-state index contributed by atoms with van der Waals surface area (Å²) in [7, 11) is -2.32. The predicted molar refractivity (Wildman–Crippen MR) is 111 cm³/mol. The van der Waals surface area contributed by atoms with E-state index in [1.54, 1.807) is 19.1 Å². The Bertz CT molecular complexity index is 1280. The van der Waals surface area contributed by atoms with Crippen molar-refractivity contribution < 1.29 is 13.2 Å². The van der Waals surface area contributed by atoms with Gasteiger partial charge in [-0.3, -0.25) is 4.40 Å². The van der Waals surface area contributed by atoms with Crippen LogP contribution in [0.25, 0.3) is 16.7 Å². The van der Waals surface area contributed by atoms with Gasteiger partial charge in [-0.2, -0.15) is 0 Å². The van der Waals surface area contributed by atoms with Crippen molar-refractivity contribution in [3.8, 4) is 5.75 Å². The van der Waals surface area contributed by atoms with Crippen molar-refractivity contribution in [2.24, 2.45) is 0 Å². The van der Waals surface area contributed by atoms with E-state index in [1.807, 2.05) is 35.6 Å². The molecule has 0 bridgehead atoms. The van der Waals surface area contributed by atoms with Crippen LogP contribution in [0.4, 0.5) is 5.82 Å². The number of ether oxygens (including phenoxy) is 1. The zero-order chi connectivity index (χ0) is 20.6. The first-order chi connectivity index (χ1) is 14.0. The number of aryl methyl sites for hydroxylation is 1. The Balaban J connectivity index is 1.96. The van der Waals surface area contributed by atoms with Gasteiger partial charge in [0, 0.05) is 13.0 Å². The molecule has 29 heavy (non-hydrogen) atoms. The fraction of sp³-hybridized carbons (Fsp3) is 0.250. The maximum Gasteiger partial charge on any atom is 0.265 e. The molecule has 0 N–H and O–H groups in total. The fourth-order valence-corrected chi connectivity index (χ4v) is 4.76. The average Bonchev–Trinajstić information content (AvgIpc) is 3.19. The van der Waals surface area contributed by atoms with Crippen molar-refractivity contribution in [1.82, 2.24) is 19.6 Å². The lowest BCUT2D eigenvalue weighted by Gasteiger charge is -2.22. The number of para-hydroxylation sites is 2. The first-order valence-corrected chi connectivity index (χ1v) is 10.7. The van der Waals surface area contributed by atoms with E-state index in [1.165, 1.54) is 23.5 Å². The number of aromatic nitrogens is 4. The standard InChI is InChI=1S/C20H21N5O3S/c1-4-18-22-23-20-19(21-16-8-6-7-9-17(16)25(18)20)24(5-2)29(26,27)15-12-10-14(28-3)11-13-15/h6-13H,4-5H2,1-3H3. The van der Waals surface area contributed by atoms with E-state index in [-0.39, 0.29) is 17.3 Å². The summed E-state index contributed by atoms with van der Waals surface area (Å²) in [5.74, 6) is 1.59. The topological polar surface area (TPSA) is 89.7 Å². The van der Waals surface area contributed by atoms with Crippen LogP contribution in [0, 0.1) is 0 Å². The monoisotopic (exact) mass is 411 g/mol. The normalized spacial score (nSPS) is 11.8. The van der Waals surface area contributed by atoms with Crippen molar-refractivity contribution in [3.63, 3.8) is 0 Å². The van der Waals surface area contributed by atoms with E-state index in [4.69, 9.17) is 4.74 Å². The minimum absolute atomic E-state index is 0.156. The highest BCUT2D eigenvalue weighted by molar-refractivity contribution is 7.92. The summed E-state index contributed by atoms with van der Waals surface area (Å²) >= 11 is 0.